The molecule has 0 aromatic heterocycles. The van der Waals surface area contributed by atoms with Gasteiger partial charge in [0.2, 0.25) is 0 Å². The Bertz CT molecular complexity index is 997. The van der Waals surface area contributed by atoms with E-state index in [4.69, 9.17) is 9.47 Å². The molecule has 2 bridgehead atoms. The summed E-state index contributed by atoms with van der Waals surface area (Å²) >= 11 is 0. The Hall–Kier alpha value is -2.62. The van der Waals surface area contributed by atoms with E-state index < -0.39 is 11.2 Å². The van der Waals surface area contributed by atoms with Crippen LogP contribution in [0.25, 0.3) is 0 Å². The predicted molar refractivity (Wildman–Crippen MR) is 139 cm³/mol. The molecule has 0 fully saturated rings. The molecule has 4 atom stereocenters. The molecule has 0 amide bonds. The molecule has 4 rings (SSSR count). The standard InChI is InChI=1S/C31H40O4/c1-7-21-13-11-17-30(9-3,19-21)34-27(32)25-23-15-16-24(29(23,5)6)26(25)28(33)35-31(10-4)18-12-14-22(8-2)20-31/h11-16,19-20,23-24H,7-10,17-18H2,1-6H3. The van der Waals surface area contributed by atoms with Crippen molar-refractivity contribution in [1.29, 1.82) is 0 Å². The zero-order valence-electron chi connectivity index (χ0n) is 22.1. The molecule has 4 unspecified atom stereocenters. The monoisotopic (exact) mass is 476 g/mol. The molecule has 188 valence electrons. The fraction of sp³-hybridized carbons (Fsp3) is 0.548. The summed E-state index contributed by atoms with van der Waals surface area (Å²) in [5.41, 5.74) is 1.69. The van der Waals surface area contributed by atoms with E-state index >= 15 is 0 Å². The van der Waals surface area contributed by atoms with Crippen molar-refractivity contribution in [2.24, 2.45) is 17.3 Å². The number of hydrogen-bond donors (Lipinski definition) is 0. The first-order chi connectivity index (χ1) is 16.6. The lowest BCUT2D eigenvalue weighted by atomic mass is 9.77. The number of carbonyl (C=O) groups is 2. The van der Waals surface area contributed by atoms with Gasteiger partial charge in [-0.25, -0.2) is 9.59 Å². The predicted octanol–water partition coefficient (Wildman–Crippen LogP) is 7.10. The lowest BCUT2D eigenvalue weighted by molar-refractivity contribution is -0.154. The zero-order chi connectivity index (χ0) is 25.4. The van der Waals surface area contributed by atoms with Gasteiger partial charge in [-0.1, -0.05) is 78.0 Å². The van der Waals surface area contributed by atoms with E-state index in [1.54, 1.807) is 0 Å². The molecular weight excluding hydrogens is 436 g/mol. The first-order valence-corrected chi connectivity index (χ1v) is 13.3. The molecule has 4 aliphatic rings. The van der Waals surface area contributed by atoms with E-state index in [1.807, 2.05) is 13.8 Å². The van der Waals surface area contributed by atoms with Crippen molar-refractivity contribution in [2.75, 3.05) is 0 Å². The Kier molecular flexibility index (Phi) is 6.87. The highest BCUT2D eigenvalue weighted by Gasteiger charge is 2.56. The number of allylic oxidation sites excluding steroid dienone is 6. The highest BCUT2D eigenvalue weighted by molar-refractivity contribution is 6.04. The number of hydrogen-bond acceptors (Lipinski definition) is 4. The molecule has 0 radical (unpaired) electrons. The van der Waals surface area contributed by atoms with Crippen molar-refractivity contribution in [3.63, 3.8) is 0 Å². The van der Waals surface area contributed by atoms with Crippen LogP contribution in [0.1, 0.15) is 80.1 Å². The molecular formula is C31H40O4. The number of fused-ring (bicyclic) bond motifs is 2. The molecule has 35 heavy (non-hydrogen) atoms. The number of rotatable bonds is 8. The van der Waals surface area contributed by atoms with E-state index in [-0.39, 0.29) is 29.2 Å². The Morgan fingerprint density at radius 1 is 0.771 bits per heavy atom. The molecule has 0 heterocycles. The van der Waals surface area contributed by atoms with Crippen LogP contribution in [0.2, 0.25) is 0 Å². The van der Waals surface area contributed by atoms with Crippen molar-refractivity contribution in [2.45, 2.75) is 91.3 Å². The van der Waals surface area contributed by atoms with Crippen molar-refractivity contribution >= 4 is 11.9 Å². The summed E-state index contributed by atoms with van der Waals surface area (Å²) in [4.78, 5) is 27.6. The summed E-state index contributed by atoms with van der Waals surface area (Å²) in [6, 6.07) is 0. The summed E-state index contributed by atoms with van der Waals surface area (Å²) < 4.78 is 12.5. The van der Waals surface area contributed by atoms with Gasteiger partial charge in [-0.05, 0) is 54.4 Å². The van der Waals surface area contributed by atoms with E-state index in [0.29, 0.717) is 36.8 Å². The lowest BCUT2D eigenvalue weighted by Gasteiger charge is -2.33. The van der Waals surface area contributed by atoms with Gasteiger partial charge in [-0.3, -0.25) is 0 Å². The first-order valence-electron chi connectivity index (χ1n) is 13.3. The van der Waals surface area contributed by atoms with Crippen LogP contribution in [0.4, 0.5) is 0 Å². The fourth-order valence-electron chi connectivity index (χ4n) is 6.06. The SMILES string of the molecule is CCC1=CC(CC)(OC(=O)C2=C(C(=O)OC3(CC)C=C(CC)C=CC3)C3C=CC2C3(C)C)CC=C1. The molecule has 4 heteroatoms. The van der Waals surface area contributed by atoms with E-state index in [2.05, 4.69) is 76.3 Å². The highest BCUT2D eigenvalue weighted by atomic mass is 16.6. The molecule has 0 aliphatic heterocycles. The summed E-state index contributed by atoms with van der Waals surface area (Å²) in [7, 11) is 0. The lowest BCUT2D eigenvalue weighted by Crippen LogP contribution is -2.37. The van der Waals surface area contributed by atoms with Crippen LogP contribution < -0.4 is 0 Å². The topological polar surface area (TPSA) is 52.6 Å². The maximum Gasteiger partial charge on any atom is 0.336 e. The van der Waals surface area contributed by atoms with Crippen LogP contribution in [0, 0.1) is 17.3 Å². The van der Waals surface area contributed by atoms with Gasteiger partial charge >= 0.3 is 11.9 Å². The second-order valence-electron chi connectivity index (χ2n) is 11.0. The highest BCUT2D eigenvalue weighted by Crippen LogP contribution is 2.57. The smallest absolute Gasteiger partial charge is 0.336 e. The number of carbonyl (C=O) groups excluding carboxylic acids is 2. The van der Waals surface area contributed by atoms with Gasteiger partial charge in [0.15, 0.2) is 0 Å². The Balaban J connectivity index is 1.68. The second kappa shape index (κ2) is 9.44. The molecule has 4 nitrogen and oxygen atoms in total. The van der Waals surface area contributed by atoms with Crippen LogP contribution >= 0.6 is 0 Å². The number of esters is 2. The molecule has 0 aromatic carbocycles. The van der Waals surface area contributed by atoms with Crippen LogP contribution in [0.3, 0.4) is 0 Å². The minimum atomic E-state index is -0.674. The van der Waals surface area contributed by atoms with E-state index in [1.165, 1.54) is 11.1 Å². The van der Waals surface area contributed by atoms with E-state index in [0.717, 1.165) is 12.8 Å². The molecule has 0 saturated heterocycles. The quantitative estimate of drug-likeness (QED) is 0.277. The summed E-state index contributed by atoms with van der Waals surface area (Å²) in [6.07, 6.45) is 21.1. The van der Waals surface area contributed by atoms with Crippen LogP contribution in [0.5, 0.6) is 0 Å². The van der Waals surface area contributed by atoms with Gasteiger partial charge < -0.3 is 9.47 Å². The van der Waals surface area contributed by atoms with Crippen LogP contribution in [0.15, 0.2) is 70.9 Å². The van der Waals surface area contributed by atoms with Crippen LogP contribution in [-0.2, 0) is 19.1 Å². The summed E-state index contributed by atoms with van der Waals surface area (Å²) in [5.74, 6) is -1.08. The van der Waals surface area contributed by atoms with Crippen molar-refractivity contribution < 1.29 is 19.1 Å². The molecule has 0 spiro atoms. The Labute approximate surface area is 210 Å². The minimum absolute atomic E-state index is 0.157. The third kappa shape index (κ3) is 4.41. The average molecular weight is 477 g/mol. The van der Waals surface area contributed by atoms with Crippen molar-refractivity contribution in [1.82, 2.24) is 0 Å². The molecule has 0 N–H and O–H groups in total. The zero-order valence-corrected chi connectivity index (χ0v) is 22.1. The maximum absolute atomic E-state index is 13.8. The Morgan fingerprint density at radius 2 is 1.17 bits per heavy atom. The maximum atomic E-state index is 13.8. The molecule has 0 saturated carbocycles. The molecule has 0 aromatic rings. The largest absolute Gasteiger partial charge is 0.451 e. The third-order valence-corrected chi connectivity index (χ3v) is 8.54. The normalized spacial score (nSPS) is 32.5. The third-order valence-electron chi connectivity index (χ3n) is 8.54. The second-order valence-corrected chi connectivity index (χ2v) is 11.0. The van der Waals surface area contributed by atoms with Gasteiger partial charge in [0.1, 0.15) is 11.2 Å². The number of ether oxygens (including phenoxy) is 2. The Morgan fingerprint density at radius 3 is 1.51 bits per heavy atom. The average Bonchev–Trinajstić information content (AvgIpc) is 3.28. The van der Waals surface area contributed by atoms with Crippen LogP contribution in [-0.4, -0.2) is 23.1 Å². The fourth-order valence-corrected chi connectivity index (χ4v) is 6.06. The van der Waals surface area contributed by atoms with Crippen molar-refractivity contribution in [3.05, 3.63) is 70.9 Å². The molecule has 4 aliphatic carbocycles. The van der Waals surface area contributed by atoms with Crippen molar-refractivity contribution in [3.8, 4) is 0 Å². The first kappa shape index (κ1) is 25.5. The van der Waals surface area contributed by atoms with Gasteiger partial charge in [0, 0.05) is 24.7 Å². The van der Waals surface area contributed by atoms with E-state index in [9.17, 15) is 9.59 Å². The van der Waals surface area contributed by atoms with Gasteiger partial charge in [-0.2, -0.15) is 0 Å². The van der Waals surface area contributed by atoms with Gasteiger partial charge in [0.05, 0.1) is 11.1 Å². The minimum Gasteiger partial charge on any atom is -0.451 e. The summed E-state index contributed by atoms with van der Waals surface area (Å²) in [5, 5.41) is 0. The van der Waals surface area contributed by atoms with Gasteiger partial charge in [0.25, 0.3) is 0 Å². The summed E-state index contributed by atoms with van der Waals surface area (Å²) in [6.45, 7) is 12.5. The van der Waals surface area contributed by atoms with Gasteiger partial charge in [-0.15, -0.1) is 0 Å².